The van der Waals surface area contributed by atoms with Crippen LogP contribution in [0.1, 0.15) is 26.7 Å². The van der Waals surface area contributed by atoms with E-state index in [0.717, 1.165) is 12.8 Å². The highest BCUT2D eigenvalue weighted by atomic mass is 16.5. The van der Waals surface area contributed by atoms with Crippen LogP contribution in [0.4, 0.5) is 0 Å². The molecule has 0 amide bonds. The molecule has 3 nitrogen and oxygen atoms in total. The summed E-state index contributed by atoms with van der Waals surface area (Å²) in [6, 6.07) is 0.134. The molecule has 0 saturated carbocycles. The average Bonchev–Trinajstić information content (AvgIpc) is 2.49. The Morgan fingerprint density at radius 2 is 2.18 bits per heavy atom. The minimum Gasteiger partial charge on any atom is -0.395 e. The molecule has 1 aliphatic rings. The Labute approximate surface area is 67.7 Å². The van der Waals surface area contributed by atoms with E-state index in [0.29, 0.717) is 6.61 Å². The van der Waals surface area contributed by atoms with Crippen LogP contribution < -0.4 is 5.32 Å². The van der Waals surface area contributed by atoms with Crippen LogP contribution in [0, 0.1) is 0 Å². The zero-order chi connectivity index (χ0) is 8.32. The normalized spacial score (nSPS) is 29.2. The van der Waals surface area contributed by atoms with Crippen LogP contribution in [-0.2, 0) is 4.74 Å². The molecule has 0 aromatic rings. The van der Waals surface area contributed by atoms with E-state index >= 15 is 0 Å². The maximum Gasteiger partial charge on any atom is 0.119 e. The predicted octanol–water partition coefficient (Wildman–Crippen LogP) is 0.483. The molecule has 0 aromatic carbocycles. The summed E-state index contributed by atoms with van der Waals surface area (Å²) in [4.78, 5) is 0. The molecule has 1 unspecified atom stereocenters. The fraction of sp³-hybridized carbons (Fsp3) is 1.00. The van der Waals surface area contributed by atoms with Gasteiger partial charge in [-0.05, 0) is 12.8 Å². The Hall–Kier alpha value is -0.120. The van der Waals surface area contributed by atoms with Gasteiger partial charge in [0.05, 0.1) is 19.3 Å². The van der Waals surface area contributed by atoms with Crippen LogP contribution in [-0.4, -0.2) is 30.1 Å². The van der Waals surface area contributed by atoms with E-state index in [1.807, 2.05) is 0 Å². The van der Waals surface area contributed by atoms with Crippen molar-refractivity contribution in [2.75, 3.05) is 13.2 Å². The fourth-order valence-electron chi connectivity index (χ4n) is 1.47. The van der Waals surface area contributed by atoms with E-state index in [2.05, 4.69) is 19.2 Å². The molecular weight excluding hydrogens is 142 g/mol. The minimum atomic E-state index is -0.159. The van der Waals surface area contributed by atoms with Crippen LogP contribution in [0.15, 0.2) is 0 Å². The van der Waals surface area contributed by atoms with E-state index in [4.69, 9.17) is 9.84 Å². The Morgan fingerprint density at radius 3 is 2.45 bits per heavy atom. The van der Waals surface area contributed by atoms with E-state index in [1.165, 1.54) is 0 Å². The lowest BCUT2D eigenvalue weighted by Crippen LogP contribution is -2.44. The monoisotopic (exact) mass is 159 g/mol. The summed E-state index contributed by atoms with van der Waals surface area (Å²) in [7, 11) is 0. The number of hydrogen-bond donors (Lipinski definition) is 2. The molecule has 0 aliphatic carbocycles. The second-order valence-corrected chi connectivity index (χ2v) is 3.04. The number of aliphatic hydroxyl groups is 1. The zero-order valence-electron chi connectivity index (χ0n) is 7.26. The third kappa shape index (κ3) is 1.72. The molecule has 11 heavy (non-hydrogen) atoms. The molecule has 3 heteroatoms. The number of rotatable bonds is 3. The summed E-state index contributed by atoms with van der Waals surface area (Å²) in [5, 5.41) is 12.1. The van der Waals surface area contributed by atoms with Gasteiger partial charge in [0, 0.05) is 0 Å². The second kappa shape index (κ2) is 3.52. The van der Waals surface area contributed by atoms with Gasteiger partial charge in [-0.2, -0.15) is 0 Å². The molecule has 0 radical (unpaired) electrons. The molecule has 1 saturated heterocycles. The van der Waals surface area contributed by atoms with Gasteiger partial charge in [0.2, 0.25) is 0 Å². The van der Waals surface area contributed by atoms with E-state index in [9.17, 15) is 0 Å². The highest BCUT2D eigenvalue weighted by Gasteiger charge is 2.35. The summed E-state index contributed by atoms with van der Waals surface area (Å²) in [5.74, 6) is 0. The summed E-state index contributed by atoms with van der Waals surface area (Å²) >= 11 is 0. The summed E-state index contributed by atoms with van der Waals surface area (Å²) in [6.45, 7) is 4.99. The maximum absolute atomic E-state index is 8.85. The van der Waals surface area contributed by atoms with Crippen LogP contribution in [0.3, 0.4) is 0 Å². The van der Waals surface area contributed by atoms with Crippen molar-refractivity contribution in [1.82, 2.24) is 5.32 Å². The van der Waals surface area contributed by atoms with Crippen molar-refractivity contribution in [1.29, 1.82) is 0 Å². The van der Waals surface area contributed by atoms with Gasteiger partial charge in [-0.1, -0.05) is 13.8 Å². The lowest BCUT2D eigenvalue weighted by Gasteiger charge is -2.25. The van der Waals surface area contributed by atoms with Crippen LogP contribution in [0.2, 0.25) is 0 Å². The maximum atomic E-state index is 8.85. The topological polar surface area (TPSA) is 41.5 Å². The summed E-state index contributed by atoms with van der Waals surface area (Å²) in [6.07, 6.45) is 1.92. The summed E-state index contributed by atoms with van der Waals surface area (Å²) in [5.41, 5.74) is -0.159. The molecule has 1 aliphatic heterocycles. The molecule has 1 atom stereocenters. The van der Waals surface area contributed by atoms with Crippen LogP contribution in [0.5, 0.6) is 0 Å². The third-order valence-electron chi connectivity index (χ3n) is 2.39. The molecule has 1 fully saturated rings. The van der Waals surface area contributed by atoms with Gasteiger partial charge in [0.15, 0.2) is 0 Å². The van der Waals surface area contributed by atoms with E-state index in [-0.39, 0.29) is 18.4 Å². The molecular formula is C8H17NO2. The van der Waals surface area contributed by atoms with Gasteiger partial charge in [0.25, 0.3) is 0 Å². The van der Waals surface area contributed by atoms with Crippen molar-refractivity contribution in [2.45, 2.75) is 38.5 Å². The lowest BCUT2D eigenvalue weighted by atomic mass is 10.1. The Morgan fingerprint density at radius 1 is 1.55 bits per heavy atom. The smallest absolute Gasteiger partial charge is 0.119 e. The van der Waals surface area contributed by atoms with E-state index in [1.54, 1.807) is 0 Å². The SMILES string of the molecule is CCC1(CC)NC(CO)CO1. The number of ether oxygens (including phenoxy) is 1. The molecule has 2 N–H and O–H groups in total. The highest BCUT2D eigenvalue weighted by Crippen LogP contribution is 2.22. The standard InChI is InChI=1S/C8H17NO2/c1-3-8(4-2)9-7(5-10)6-11-8/h7,9-10H,3-6H2,1-2H3. The Kier molecular flexibility index (Phi) is 2.87. The quantitative estimate of drug-likeness (QED) is 0.629. The fourth-order valence-corrected chi connectivity index (χ4v) is 1.47. The van der Waals surface area contributed by atoms with Gasteiger partial charge < -0.3 is 9.84 Å². The molecule has 0 aromatic heterocycles. The van der Waals surface area contributed by atoms with Gasteiger partial charge >= 0.3 is 0 Å². The Balaban J connectivity index is 2.48. The second-order valence-electron chi connectivity index (χ2n) is 3.04. The van der Waals surface area contributed by atoms with Gasteiger partial charge in [-0.25, -0.2) is 0 Å². The van der Waals surface area contributed by atoms with Crippen molar-refractivity contribution in [3.8, 4) is 0 Å². The predicted molar refractivity (Wildman–Crippen MR) is 43.3 cm³/mol. The molecule has 1 rings (SSSR count). The van der Waals surface area contributed by atoms with Crippen LogP contribution in [0.25, 0.3) is 0 Å². The van der Waals surface area contributed by atoms with Gasteiger partial charge in [0.1, 0.15) is 5.72 Å². The largest absolute Gasteiger partial charge is 0.395 e. The van der Waals surface area contributed by atoms with Crippen molar-refractivity contribution in [3.05, 3.63) is 0 Å². The first-order chi connectivity index (χ1) is 5.26. The Bertz CT molecular complexity index is 123. The lowest BCUT2D eigenvalue weighted by molar-refractivity contribution is -0.0162. The first kappa shape index (κ1) is 8.97. The van der Waals surface area contributed by atoms with Crippen LogP contribution >= 0.6 is 0 Å². The van der Waals surface area contributed by atoms with Crippen molar-refractivity contribution in [2.24, 2.45) is 0 Å². The van der Waals surface area contributed by atoms with Gasteiger partial charge in [-0.15, -0.1) is 0 Å². The number of aliphatic hydroxyl groups excluding tert-OH is 1. The third-order valence-corrected chi connectivity index (χ3v) is 2.39. The minimum absolute atomic E-state index is 0.134. The van der Waals surface area contributed by atoms with Gasteiger partial charge in [-0.3, -0.25) is 5.32 Å². The zero-order valence-corrected chi connectivity index (χ0v) is 7.26. The van der Waals surface area contributed by atoms with Crippen molar-refractivity contribution >= 4 is 0 Å². The molecule has 1 heterocycles. The number of hydrogen-bond acceptors (Lipinski definition) is 3. The number of nitrogens with one attached hydrogen (secondary N) is 1. The highest BCUT2D eigenvalue weighted by molar-refractivity contribution is 4.86. The first-order valence-corrected chi connectivity index (χ1v) is 4.29. The molecule has 0 bridgehead atoms. The van der Waals surface area contributed by atoms with Crippen molar-refractivity contribution in [3.63, 3.8) is 0 Å². The summed E-state index contributed by atoms with van der Waals surface area (Å²) < 4.78 is 5.57. The van der Waals surface area contributed by atoms with E-state index < -0.39 is 0 Å². The van der Waals surface area contributed by atoms with Crippen molar-refractivity contribution < 1.29 is 9.84 Å². The first-order valence-electron chi connectivity index (χ1n) is 4.29. The molecule has 66 valence electrons. The average molecular weight is 159 g/mol. The molecule has 0 spiro atoms.